The average molecular weight is 350 g/mol. The maximum Gasteiger partial charge on any atom is 0.235 e. The van der Waals surface area contributed by atoms with E-state index in [4.69, 9.17) is 11.6 Å². The Balaban J connectivity index is 1.81. The molecule has 1 aliphatic heterocycles. The summed E-state index contributed by atoms with van der Waals surface area (Å²) in [5.74, 6) is 0.182. The second-order valence-corrected chi connectivity index (χ2v) is 6.51. The molecular formula is C15H10BrClN2O. The zero-order chi connectivity index (χ0) is 13.9. The minimum Gasteiger partial charge on any atom is -0.325 e. The molecule has 1 amide bonds. The number of rotatable bonds is 1. The molecule has 1 aromatic heterocycles. The Morgan fingerprint density at radius 3 is 3.00 bits per heavy atom. The van der Waals surface area contributed by atoms with Crippen LogP contribution < -0.4 is 5.32 Å². The lowest BCUT2D eigenvalue weighted by Crippen LogP contribution is -2.21. The largest absolute Gasteiger partial charge is 0.325 e. The van der Waals surface area contributed by atoms with E-state index in [9.17, 15) is 4.79 Å². The van der Waals surface area contributed by atoms with Gasteiger partial charge < -0.3 is 5.32 Å². The summed E-state index contributed by atoms with van der Waals surface area (Å²) in [6, 6.07) is 11.4. The lowest BCUT2D eigenvalue weighted by Gasteiger charge is -2.08. The first-order chi connectivity index (χ1) is 9.61. The van der Waals surface area contributed by atoms with Crippen LogP contribution in [0.25, 0.3) is 0 Å². The minimum atomic E-state index is -0.478. The molecule has 2 heterocycles. The molecule has 1 fully saturated rings. The SMILES string of the molecule is O=C1Nc2ccc(Cl)cc2[C@@]12C[C@@H]2c1cccc(Br)n1. The van der Waals surface area contributed by atoms with Crippen LogP contribution in [0.1, 0.15) is 23.6 Å². The summed E-state index contributed by atoms with van der Waals surface area (Å²) in [7, 11) is 0. The Morgan fingerprint density at radius 2 is 2.20 bits per heavy atom. The molecule has 0 radical (unpaired) electrons. The zero-order valence-corrected chi connectivity index (χ0v) is 12.7. The smallest absolute Gasteiger partial charge is 0.235 e. The predicted molar refractivity (Wildman–Crippen MR) is 81.1 cm³/mol. The third-order valence-electron chi connectivity index (χ3n) is 4.17. The number of anilines is 1. The number of pyridine rings is 1. The van der Waals surface area contributed by atoms with Crippen molar-refractivity contribution < 1.29 is 4.79 Å². The van der Waals surface area contributed by atoms with Crippen molar-refractivity contribution in [2.75, 3.05) is 5.32 Å². The van der Waals surface area contributed by atoms with Gasteiger partial charge in [0.05, 0.1) is 5.41 Å². The standard InChI is InChI=1S/C15H10BrClN2O/c16-13-3-1-2-11(18-13)10-7-15(10)9-6-8(17)4-5-12(9)19-14(15)20/h1-6,10H,7H2,(H,19,20)/t10-,15-/m1/s1. The normalized spacial score (nSPS) is 26.5. The van der Waals surface area contributed by atoms with Crippen LogP contribution in [0.4, 0.5) is 5.69 Å². The van der Waals surface area contributed by atoms with Gasteiger partial charge in [-0.05, 0) is 58.2 Å². The summed E-state index contributed by atoms with van der Waals surface area (Å²) in [6.07, 6.45) is 0.787. The molecule has 100 valence electrons. The highest BCUT2D eigenvalue weighted by atomic mass is 79.9. The predicted octanol–water partition coefficient (Wildman–Crippen LogP) is 3.87. The van der Waals surface area contributed by atoms with Crippen molar-refractivity contribution in [1.82, 2.24) is 4.98 Å². The molecular weight excluding hydrogens is 340 g/mol. The van der Waals surface area contributed by atoms with Crippen LogP contribution in [0.3, 0.4) is 0 Å². The third-order valence-corrected chi connectivity index (χ3v) is 4.85. The first-order valence-corrected chi connectivity index (χ1v) is 7.52. The van der Waals surface area contributed by atoms with Crippen molar-refractivity contribution in [3.63, 3.8) is 0 Å². The lowest BCUT2D eigenvalue weighted by molar-refractivity contribution is -0.118. The molecule has 5 heteroatoms. The molecule has 0 saturated heterocycles. The zero-order valence-electron chi connectivity index (χ0n) is 10.4. The van der Waals surface area contributed by atoms with Crippen LogP contribution in [0.15, 0.2) is 41.0 Å². The van der Waals surface area contributed by atoms with Crippen molar-refractivity contribution in [3.05, 3.63) is 57.3 Å². The van der Waals surface area contributed by atoms with Crippen LogP contribution in [0.2, 0.25) is 5.02 Å². The molecule has 1 saturated carbocycles. The van der Waals surface area contributed by atoms with E-state index in [0.717, 1.165) is 28.0 Å². The molecule has 0 bridgehead atoms. The highest BCUT2D eigenvalue weighted by molar-refractivity contribution is 9.10. The Bertz CT molecular complexity index is 748. The number of hydrogen-bond donors (Lipinski definition) is 1. The number of halogens is 2. The summed E-state index contributed by atoms with van der Waals surface area (Å²) in [5, 5.41) is 3.61. The van der Waals surface area contributed by atoms with Crippen LogP contribution >= 0.6 is 27.5 Å². The van der Waals surface area contributed by atoms with Crippen LogP contribution in [0.5, 0.6) is 0 Å². The van der Waals surface area contributed by atoms with Gasteiger partial charge >= 0.3 is 0 Å². The number of carbonyl (C=O) groups is 1. The maximum atomic E-state index is 12.4. The lowest BCUT2D eigenvalue weighted by atomic mass is 9.93. The Kier molecular flexibility index (Phi) is 2.51. The van der Waals surface area contributed by atoms with Gasteiger partial charge in [0, 0.05) is 22.3 Å². The van der Waals surface area contributed by atoms with E-state index < -0.39 is 5.41 Å². The van der Waals surface area contributed by atoms with Crippen molar-refractivity contribution in [1.29, 1.82) is 0 Å². The van der Waals surface area contributed by atoms with Gasteiger partial charge in [-0.2, -0.15) is 0 Å². The third kappa shape index (κ3) is 1.58. The van der Waals surface area contributed by atoms with Gasteiger partial charge in [-0.1, -0.05) is 17.7 Å². The van der Waals surface area contributed by atoms with Crippen molar-refractivity contribution >= 4 is 39.1 Å². The van der Waals surface area contributed by atoms with E-state index in [2.05, 4.69) is 26.2 Å². The first kappa shape index (κ1) is 12.4. The molecule has 4 rings (SSSR count). The van der Waals surface area contributed by atoms with Crippen LogP contribution in [0, 0.1) is 0 Å². The summed E-state index contributed by atoms with van der Waals surface area (Å²) >= 11 is 9.46. The van der Waals surface area contributed by atoms with Crippen molar-refractivity contribution in [3.8, 4) is 0 Å². The summed E-state index contributed by atoms with van der Waals surface area (Å²) in [5.41, 5.74) is 2.34. The summed E-state index contributed by atoms with van der Waals surface area (Å²) in [4.78, 5) is 16.9. The van der Waals surface area contributed by atoms with Crippen LogP contribution in [-0.2, 0) is 10.2 Å². The number of carbonyl (C=O) groups excluding carboxylic acids is 1. The van der Waals surface area contributed by atoms with Gasteiger partial charge in [-0.15, -0.1) is 0 Å². The summed E-state index contributed by atoms with van der Waals surface area (Å²) in [6.45, 7) is 0. The fourth-order valence-electron chi connectivity index (χ4n) is 3.14. The monoisotopic (exact) mass is 348 g/mol. The highest BCUT2D eigenvalue weighted by Crippen LogP contribution is 2.64. The van der Waals surface area contributed by atoms with E-state index in [-0.39, 0.29) is 11.8 Å². The number of benzene rings is 1. The number of fused-ring (bicyclic) bond motifs is 2. The Morgan fingerprint density at radius 1 is 1.35 bits per heavy atom. The van der Waals surface area contributed by atoms with E-state index in [1.54, 1.807) is 6.07 Å². The number of nitrogens with zero attached hydrogens (tertiary/aromatic N) is 1. The molecule has 1 N–H and O–H groups in total. The molecule has 2 aliphatic rings. The van der Waals surface area contributed by atoms with Crippen molar-refractivity contribution in [2.24, 2.45) is 0 Å². The maximum absolute atomic E-state index is 12.4. The fourth-order valence-corrected chi connectivity index (χ4v) is 3.67. The van der Waals surface area contributed by atoms with Gasteiger partial charge in [0.15, 0.2) is 0 Å². The minimum absolute atomic E-state index is 0.0570. The summed E-state index contributed by atoms with van der Waals surface area (Å²) < 4.78 is 0.793. The molecule has 1 aliphatic carbocycles. The second kappa shape index (κ2) is 4.06. The molecule has 20 heavy (non-hydrogen) atoms. The topological polar surface area (TPSA) is 42.0 Å². The molecule has 1 aromatic carbocycles. The molecule has 3 nitrogen and oxygen atoms in total. The van der Waals surface area contributed by atoms with Gasteiger partial charge in [0.1, 0.15) is 4.60 Å². The van der Waals surface area contributed by atoms with Crippen molar-refractivity contribution in [2.45, 2.75) is 17.8 Å². The van der Waals surface area contributed by atoms with E-state index in [1.165, 1.54) is 0 Å². The van der Waals surface area contributed by atoms with Gasteiger partial charge in [0.25, 0.3) is 0 Å². The van der Waals surface area contributed by atoms with E-state index in [0.29, 0.717) is 5.02 Å². The molecule has 0 unspecified atom stereocenters. The number of amides is 1. The quantitative estimate of drug-likeness (QED) is 0.794. The number of hydrogen-bond acceptors (Lipinski definition) is 2. The average Bonchev–Trinajstić information content (AvgIpc) is 3.11. The molecule has 2 atom stereocenters. The van der Waals surface area contributed by atoms with Gasteiger partial charge in [-0.3, -0.25) is 4.79 Å². The molecule has 2 aromatic rings. The van der Waals surface area contributed by atoms with Gasteiger partial charge in [0.2, 0.25) is 5.91 Å². The number of aromatic nitrogens is 1. The van der Waals surface area contributed by atoms with Gasteiger partial charge in [-0.25, -0.2) is 4.98 Å². The molecule has 1 spiro atoms. The first-order valence-electron chi connectivity index (χ1n) is 6.35. The fraction of sp³-hybridized carbons (Fsp3) is 0.200. The number of nitrogens with one attached hydrogen (secondary N) is 1. The Hall–Kier alpha value is -1.39. The van der Waals surface area contributed by atoms with E-state index >= 15 is 0 Å². The van der Waals surface area contributed by atoms with Crippen LogP contribution in [-0.4, -0.2) is 10.9 Å². The Labute approximate surface area is 129 Å². The van der Waals surface area contributed by atoms with E-state index in [1.807, 2.05) is 30.3 Å². The second-order valence-electron chi connectivity index (χ2n) is 5.26. The highest BCUT2D eigenvalue weighted by Gasteiger charge is 2.65.